The molecule has 0 aliphatic carbocycles. The lowest BCUT2D eigenvalue weighted by Crippen LogP contribution is -2.61. The minimum absolute atomic E-state index is 0.000852. The Balaban J connectivity index is 1.15. The summed E-state index contributed by atoms with van der Waals surface area (Å²) in [6.45, 7) is 6.20. The first kappa shape index (κ1) is 27.6. The molecule has 3 atom stereocenters. The van der Waals surface area contributed by atoms with Crippen LogP contribution in [0.2, 0.25) is 5.02 Å². The first-order chi connectivity index (χ1) is 20.5. The highest BCUT2D eigenvalue weighted by atomic mass is 35.5. The number of benzene rings is 2. The normalized spacial score (nSPS) is 25.5. The summed E-state index contributed by atoms with van der Waals surface area (Å²) in [5.41, 5.74) is 1.78. The van der Waals surface area contributed by atoms with E-state index in [0.717, 1.165) is 84.1 Å². The largest absolute Gasteiger partial charge is 0.463 e. The van der Waals surface area contributed by atoms with Crippen LogP contribution in [0.4, 0.5) is 11.5 Å². The second-order valence-corrected chi connectivity index (χ2v) is 12.2. The minimum atomic E-state index is -1.29. The van der Waals surface area contributed by atoms with Crippen molar-refractivity contribution in [1.29, 1.82) is 5.26 Å². The molecule has 220 valence electrons. The summed E-state index contributed by atoms with van der Waals surface area (Å²) >= 11 is 6.68. The summed E-state index contributed by atoms with van der Waals surface area (Å²) in [5, 5.41) is 26.3. The number of nitriles is 1. The van der Waals surface area contributed by atoms with Gasteiger partial charge in [0.1, 0.15) is 11.5 Å². The standard InChI is InChI=1S/C31H36ClN7O3/c32-25-6-1-4-21-5-2-7-27(28(21)25)38-13-8-24-26(18-38)35-30(41-15-3-12-37-17-23-16-22(37)19-42-23)36-29(24)39-14-11-34-31(40,20-39)9-10-33/h1-2,4-7,22-23,34,40H,3,8-9,11-20H2/t22-,23-,31-/m0/s1. The van der Waals surface area contributed by atoms with Crippen molar-refractivity contribution in [3.8, 4) is 12.1 Å². The molecule has 0 unspecified atom stereocenters. The van der Waals surface area contributed by atoms with Gasteiger partial charge in [-0.3, -0.25) is 10.2 Å². The fraction of sp³-hybridized carbons (Fsp3) is 0.516. The smallest absolute Gasteiger partial charge is 0.318 e. The number of fused-ring (bicyclic) bond motifs is 4. The Morgan fingerprint density at radius 3 is 2.88 bits per heavy atom. The van der Waals surface area contributed by atoms with Gasteiger partial charge in [-0.25, -0.2) is 0 Å². The van der Waals surface area contributed by atoms with Crippen LogP contribution in [0, 0.1) is 11.3 Å². The Labute approximate surface area is 250 Å². The number of likely N-dealkylation sites (tertiary alicyclic amines) is 1. The van der Waals surface area contributed by atoms with Gasteiger partial charge < -0.3 is 24.4 Å². The lowest BCUT2D eigenvalue weighted by Gasteiger charge is -2.41. The molecule has 3 aromatic rings. The molecule has 3 fully saturated rings. The molecular formula is C31H36ClN7O3. The van der Waals surface area contributed by atoms with Gasteiger partial charge in [-0.15, -0.1) is 0 Å². The number of ether oxygens (including phenoxy) is 2. The molecule has 3 saturated heterocycles. The van der Waals surface area contributed by atoms with E-state index in [1.165, 1.54) is 0 Å². The van der Waals surface area contributed by atoms with E-state index in [9.17, 15) is 10.4 Å². The molecule has 2 bridgehead atoms. The van der Waals surface area contributed by atoms with Crippen molar-refractivity contribution in [2.75, 3.05) is 62.3 Å². The van der Waals surface area contributed by atoms with Gasteiger partial charge in [0.05, 0.1) is 55.6 Å². The predicted molar refractivity (Wildman–Crippen MR) is 161 cm³/mol. The lowest BCUT2D eigenvalue weighted by molar-refractivity contribution is 0.00693. The summed E-state index contributed by atoms with van der Waals surface area (Å²) in [5.74, 6) is 0.789. The third-order valence-corrected chi connectivity index (χ3v) is 9.30. The summed E-state index contributed by atoms with van der Waals surface area (Å²) < 4.78 is 11.9. The van der Waals surface area contributed by atoms with E-state index in [0.29, 0.717) is 44.4 Å². The van der Waals surface area contributed by atoms with Gasteiger partial charge in [0.15, 0.2) is 0 Å². The van der Waals surface area contributed by atoms with Crippen molar-refractivity contribution in [3.63, 3.8) is 0 Å². The van der Waals surface area contributed by atoms with E-state index in [4.69, 9.17) is 31.0 Å². The van der Waals surface area contributed by atoms with Crippen molar-refractivity contribution in [2.45, 2.75) is 50.1 Å². The van der Waals surface area contributed by atoms with Crippen LogP contribution < -0.4 is 19.9 Å². The lowest BCUT2D eigenvalue weighted by atomic mass is 10.0. The molecule has 2 N–H and O–H groups in total. The van der Waals surface area contributed by atoms with Crippen LogP contribution in [0.5, 0.6) is 6.01 Å². The molecule has 7 rings (SSSR count). The third-order valence-electron chi connectivity index (χ3n) is 8.99. The van der Waals surface area contributed by atoms with Crippen molar-refractivity contribution >= 4 is 33.9 Å². The van der Waals surface area contributed by atoms with E-state index >= 15 is 0 Å². The Bertz CT molecular complexity index is 1510. The van der Waals surface area contributed by atoms with E-state index in [-0.39, 0.29) is 13.0 Å². The molecule has 4 aliphatic heterocycles. The number of hydrogen-bond donors (Lipinski definition) is 2. The molecule has 0 radical (unpaired) electrons. The monoisotopic (exact) mass is 589 g/mol. The quantitative estimate of drug-likeness (QED) is 0.380. The van der Waals surface area contributed by atoms with Gasteiger partial charge in [0, 0.05) is 55.4 Å². The van der Waals surface area contributed by atoms with Gasteiger partial charge in [-0.1, -0.05) is 35.9 Å². The molecule has 1 aromatic heterocycles. The average molecular weight is 590 g/mol. The summed E-state index contributed by atoms with van der Waals surface area (Å²) in [6, 6.07) is 15.3. The average Bonchev–Trinajstić information content (AvgIpc) is 3.62. The van der Waals surface area contributed by atoms with Crippen molar-refractivity contribution in [2.24, 2.45) is 0 Å². The summed E-state index contributed by atoms with van der Waals surface area (Å²) in [4.78, 5) is 16.7. The maximum absolute atomic E-state index is 11.0. The van der Waals surface area contributed by atoms with Crippen LogP contribution in [0.3, 0.4) is 0 Å². The Hall–Kier alpha value is -3.20. The van der Waals surface area contributed by atoms with Crippen molar-refractivity contribution < 1.29 is 14.6 Å². The van der Waals surface area contributed by atoms with Gasteiger partial charge in [0.2, 0.25) is 0 Å². The Morgan fingerprint density at radius 2 is 2.07 bits per heavy atom. The number of aliphatic hydroxyl groups is 1. The van der Waals surface area contributed by atoms with Crippen LogP contribution in [0.1, 0.15) is 30.5 Å². The van der Waals surface area contributed by atoms with Gasteiger partial charge in [-0.2, -0.15) is 15.2 Å². The molecule has 0 amide bonds. The molecule has 11 heteroatoms. The number of β-amino-alcohol motifs (C(OH)–C–C–N with tert-alkyl or cyclic N) is 1. The SMILES string of the molecule is N#CC[C@]1(O)CN(c2nc(OCCCN3C[C@@H]4C[C@H]3CO4)nc3c2CCN(c2cccc4cccc(Cl)c24)C3)CCN1. The number of nitrogens with zero attached hydrogens (tertiary/aromatic N) is 6. The maximum Gasteiger partial charge on any atom is 0.318 e. The number of aromatic nitrogens is 2. The second kappa shape index (κ2) is 11.5. The van der Waals surface area contributed by atoms with E-state index in [1.807, 2.05) is 12.1 Å². The Kier molecular flexibility index (Phi) is 7.54. The zero-order valence-electron chi connectivity index (χ0n) is 23.6. The highest BCUT2D eigenvalue weighted by Crippen LogP contribution is 2.37. The fourth-order valence-corrected chi connectivity index (χ4v) is 7.23. The van der Waals surface area contributed by atoms with Crippen LogP contribution in [-0.4, -0.2) is 90.3 Å². The molecule has 10 nitrogen and oxygen atoms in total. The first-order valence-corrected chi connectivity index (χ1v) is 15.3. The van der Waals surface area contributed by atoms with E-state index < -0.39 is 5.72 Å². The van der Waals surface area contributed by atoms with Crippen LogP contribution >= 0.6 is 11.6 Å². The topological polar surface area (TPSA) is 110 Å². The minimum Gasteiger partial charge on any atom is -0.463 e. The van der Waals surface area contributed by atoms with E-state index in [2.05, 4.69) is 50.4 Å². The highest BCUT2D eigenvalue weighted by molar-refractivity contribution is 6.36. The van der Waals surface area contributed by atoms with Gasteiger partial charge in [-0.05, 0) is 36.8 Å². The molecular weight excluding hydrogens is 554 g/mol. The Morgan fingerprint density at radius 1 is 1.19 bits per heavy atom. The molecule has 42 heavy (non-hydrogen) atoms. The molecule has 0 spiro atoms. The van der Waals surface area contributed by atoms with Gasteiger partial charge in [0.25, 0.3) is 0 Å². The first-order valence-electron chi connectivity index (χ1n) is 14.9. The third kappa shape index (κ3) is 5.36. The maximum atomic E-state index is 11.0. The summed E-state index contributed by atoms with van der Waals surface area (Å²) in [6.07, 6.45) is 3.15. The number of rotatable bonds is 8. The number of anilines is 2. The fourth-order valence-electron chi connectivity index (χ4n) is 6.95. The number of nitrogens with one attached hydrogen (secondary N) is 1. The van der Waals surface area contributed by atoms with Gasteiger partial charge >= 0.3 is 6.01 Å². The number of halogens is 1. The zero-order chi connectivity index (χ0) is 28.7. The van der Waals surface area contributed by atoms with E-state index in [1.54, 1.807) is 0 Å². The summed E-state index contributed by atoms with van der Waals surface area (Å²) in [7, 11) is 0. The molecule has 2 aromatic carbocycles. The predicted octanol–water partition coefficient (Wildman–Crippen LogP) is 3.10. The van der Waals surface area contributed by atoms with Crippen molar-refractivity contribution in [1.82, 2.24) is 20.2 Å². The van der Waals surface area contributed by atoms with Crippen molar-refractivity contribution in [3.05, 3.63) is 52.7 Å². The number of hydrogen-bond acceptors (Lipinski definition) is 10. The zero-order valence-corrected chi connectivity index (χ0v) is 24.4. The second-order valence-electron chi connectivity index (χ2n) is 11.8. The molecule has 5 heterocycles. The number of piperazine rings is 1. The molecule has 4 aliphatic rings. The highest BCUT2D eigenvalue weighted by Gasteiger charge is 2.38. The van der Waals surface area contributed by atoms with Crippen LogP contribution in [-0.2, 0) is 17.7 Å². The molecule has 0 saturated carbocycles. The number of morpholine rings is 1. The van der Waals surface area contributed by atoms with Crippen LogP contribution in [0.15, 0.2) is 36.4 Å². The van der Waals surface area contributed by atoms with Crippen LogP contribution in [0.25, 0.3) is 10.8 Å².